The van der Waals surface area contributed by atoms with E-state index in [1.54, 1.807) is 0 Å². The van der Waals surface area contributed by atoms with Crippen LogP contribution in [0.2, 0.25) is 0 Å². The van der Waals surface area contributed by atoms with Gasteiger partial charge in [0.05, 0.1) is 32.0 Å². The second-order valence-electron chi connectivity index (χ2n) is 13.8. The van der Waals surface area contributed by atoms with Crippen LogP contribution in [-0.2, 0) is 41.4 Å². The molecule has 29 heteroatoms. The molecule has 0 spiro atoms. The lowest BCUT2D eigenvalue weighted by Gasteiger charge is -2.24. The zero-order valence-electron chi connectivity index (χ0n) is 31.2. The van der Waals surface area contributed by atoms with Crippen molar-refractivity contribution in [1.29, 1.82) is 0 Å². The van der Waals surface area contributed by atoms with E-state index in [1.165, 1.54) is 33.2 Å². The van der Waals surface area contributed by atoms with Crippen LogP contribution in [0, 0.1) is 20.8 Å². The van der Waals surface area contributed by atoms with Gasteiger partial charge in [0.1, 0.15) is 43.1 Å². The molecule has 322 valence electrons. The van der Waals surface area contributed by atoms with Gasteiger partial charge in [-0.3, -0.25) is 61.1 Å². The number of azide groups is 1. The fourth-order valence-electron chi connectivity index (χ4n) is 6.57. The number of aliphatic hydroxyl groups is 1. The number of aromatic nitrogens is 6. The lowest BCUT2D eigenvalue weighted by molar-refractivity contribution is -0.0593. The first-order valence-electron chi connectivity index (χ1n) is 17.7. The minimum atomic E-state index is -5.14. The second kappa shape index (κ2) is 17.6. The molecule has 0 aromatic carbocycles. The summed E-state index contributed by atoms with van der Waals surface area (Å²) in [4.78, 5) is 104. The number of aromatic amines is 3. The van der Waals surface area contributed by atoms with E-state index in [0.717, 1.165) is 19.9 Å². The molecule has 0 saturated carbocycles. The lowest BCUT2D eigenvalue weighted by atomic mass is 10.2. The number of nitrogens with one attached hydrogen (secondary N) is 3. The Balaban J connectivity index is 1.15. The summed E-state index contributed by atoms with van der Waals surface area (Å²) in [5, 5.41) is 14.0. The normalized spacial score (nSPS) is 28.9. The van der Waals surface area contributed by atoms with Crippen molar-refractivity contribution >= 4 is 15.6 Å². The maximum atomic E-state index is 13.3. The van der Waals surface area contributed by atoms with Crippen LogP contribution in [-0.4, -0.2) is 99.9 Å². The van der Waals surface area contributed by atoms with E-state index in [4.69, 9.17) is 37.8 Å². The molecule has 2 unspecified atom stereocenters. The molecule has 3 aromatic heterocycles. The van der Waals surface area contributed by atoms with Gasteiger partial charge in [-0.05, 0) is 26.3 Å². The number of phosphoric acid groups is 2. The Morgan fingerprint density at radius 1 is 0.695 bits per heavy atom. The predicted octanol–water partition coefficient (Wildman–Crippen LogP) is -0.900. The fraction of sp³-hybridized carbons (Fsp3) is 0.600. The molecule has 6 N–H and O–H groups in total. The van der Waals surface area contributed by atoms with Crippen LogP contribution >= 0.6 is 15.6 Å². The van der Waals surface area contributed by atoms with Crippen molar-refractivity contribution in [3.63, 3.8) is 0 Å². The zero-order chi connectivity index (χ0) is 43.0. The van der Waals surface area contributed by atoms with Crippen LogP contribution in [0.25, 0.3) is 10.4 Å². The quantitative estimate of drug-likeness (QED) is 0.0466. The summed E-state index contributed by atoms with van der Waals surface area (Å²) in [6.45, 7) is 2.23. The summed E-state index contributed by atoms with van der Waals surface area (Å²) in [6, 6.07) is 0. The van der Waals surface area contributed by atoms with Gasteiger partial charge in [-0.15, -0.1) is 0 Å². The number of phosphoric ester groups is 2. The second-order valence-corrected chi connectivity index (χ2v) is 16.6. The van der Waals surface area contributed by atoms with Gasteiger partial charge < -0.3 is 29.1 Å². The van der Waals surface area contributed by atoms with Gasteiger partial charge in [0, 0.05) is 59.5 Å². The van der Waals surface area contributed by atoms with Gasteiger partial charge in [0.2, 0.25) is 0 Å². The fourth-order valence-corrected chi connectivity index (χ4v) is 8.49. The number of rotatable bonds is 15. The number of aliphatic hydroxyl groups excluding tert-OH is 1. The molecule has 0 bridgehead atoms. The molecule has 3 fully saturated rings. The monoisotopic (exact) mass is 875 g/mol. The number of H-pyrrole nitrogens is 3. The molecule has 3 saturated heterocycles. The molecule has 11 atom stereocenters. The van der Waals surface area contributed by atoms with Crippen LogP contribution in [0.5, 0.6) is 0 Å². The van der Waals surface area contributed by atoms with Gasteiger partial charge in [0.25, 0.3) is 16.7 Å². The molecule has 0 amide bonds. The standard InChI is InChI=1S/C30H39N9O18P2/c1-13-8-37(28(44)33-25(13)41)22-4-16(40)20(54-22)11-51-58(47,48)57-18-6-24(39-10-15(3)27(43)35-30(39)46)55-21(18)12-52-59(49,50)56-17-5-23(53-19(17)7-32-36-31)38-9-14(2)26(42)34-29(38)45/h8-10,16-24,40H,4-7,11-12H2,1-3H3,(H,47,48)(H,49,50)(H,33,41,44)(H,34,42,45)(H,35,43,46)/t16-,17-,18-,19+,20+,21+,22+,23+,24+/m0/s1. The van der Waals surface area contributed by atoms with E-state index in [9.17, 15) is 52.8 Å². The first-order valence-corrected chi connectivity index (χ1v) is 20.7. The third-order valence-electron chi connectivity index (χ3n) is 9.60. The molecule has 3 aliphatic rings. The highest BCUT2D eigenvalue weighted by molar-refractivity contribution is 7.47. The van der Waals surface area contributed by atoms with E-state index in [-0.39, 0.29) is 36.0 Å². The summed E-state index contributed by atoms with van der Waals surface area (Å²) in [6.07, 6.45) is -8.85. The zero-order valence-corrected chi connectivity index (χ0v) is 33.0. The van der Waals surface area contributed by atoms with Crippen LogP contribution in [0.4, 0.5) is 0 Å². The van der Waals surface area contributed by atoms with Gasteiger partial charge in [0.15, 0.2) is 0 Å². The van der Waals surface area contributed by atoms with Crippen molar-refractivity contribution in [3.05, 3.63) is 108 Å². The topological polar surface area (TPSA) is 373 Å². The average molecular weight is 876 g/mol. The Labute approximate surface area is 328 Å². The Morgan fingerprint density at radius 2 is 1.07 bits per heavy atom. The predicted molar refractivity (Wildman–Crippen MR) is 195 cm³/mol. The third kappa shape index (κ3) is 10.2. The molecule has 27 nitrogen and oxygen atoms in total. The number of ether oxygens (including phenoxy) is 3. The van der Waals surface area contributed by atoms with Gasteiger partial charge in [-0.25, -0.2) is 23.5 Å². The number of hydrogen-bond donors (Lipinski definition) is 6. The molecule has 0 radical (unpaired) electrons. The van der Waals surface area contributed by atoms with E-state index in [0.29, 0.717) is 0 Å². The molecule has 0 aliphatic carbocycles. The maximum absolute atomic E-state index is 13.3. The van der Waals surface area contributed by atoms with E-state index >= 15 is 0 Å². The molecular weight excluding hydrogens is 836 g/mol. The van der Waals surface area contributed by atoms with Crippen molar-refractivity contribution in [3.8, 4) is 0 Å². The van der Waals surface area contributed by atoms with Crippen molar-refractivity contribution < 1.29 is 56.3 Å². The highest BCUT2D eigenvalue weighted by Gasteiger charge is 2.46. The Morgan fingerprint density at radius 3 is 1.51 bits per heavy atom. The van der Waals surface area contributed by atoms with Crippen molar-refractivity contribution in [1.82, 2.24) is 28.7 Å². The van der Waals surface area contributed by atoms with Crippen molar-refractivity contribution in [2.75, 3.05) is 19.8 Å². The summed E-state index contributed by atoms with van der Waals surface area (Å²) in [5.74, 6) is 0. The summed E-state index contributed by atoms with van der Waals surface area (Å²) < 4.78 is 68.0. The highest BCUT2D eigenvalue weighted by atomic mass is 31.2. The third-order valence-corrected chi connectivity index (χ3v) is 11.6. The van der Waals surface area contributed by atoms with Crippen LogP contribution in [0.3, 0.4) is 0 Å². The van der Waals surface area contributed by atoms with Crippen LogP contribution < -0.4 is 33.7 Å². The summed E-state index contributed by atoms with van der Waals surface area (Å²) in [5.41, 5.74) is 4.73. The maximum Gasteiger partial charge on any atom is 0.472 e. The number of hydrogen-bond acceptors (Lipinski definition) is 17. The number of nitrogens with zero attached hydrogens (tertiary/aromatic N) is 6. The molecule has 6 rings (SSSR count). The largest absolute Gasteiger partial charge is 0.472 e. The van der Waals surface area contributed by atoms with Gasteiger partial charge >= 0.3 is 32.7 Å². The summed E-state index contributed by atoms with van der Waals surface area (Å²) >= 11 is 0. The van der Waals surface area contributed by atoms with E-state index in [2.05, 4.69) is 25.0 Å². The van der Waals surface area contributed by atoms with Gasteiger partial charge in [-0.2, -0.15) is 0 Å². The molecule has 59 heavy (non-hydrogen) atoms. The van der Waals surface area contributed by atoms with Gasteiger partial charge in [-0.1, -0.05) is 5.11 Å². The molecule has 3 aromatic rings. The minimum absolute atomic E-state index is 0.0918. The average Bonchev–Trinajstić information content (AvgIpc) is 3.86. The smallest absolute Gasteiger partial charge is 0.390 e. The Hall–Kier alpha value is -4.59. The number of aryl methyl sites for hydroxylation is 3. The molecule has 3 aliphatic heterocycles. The Kier molecular flexibility index (Phi) is 13.1. The van der Waals surface area contributed by atoms with Crippen molar-refractivity contribution in [2.24, 2.45) is 5.11 Å². The minimum Gasteiger partial charge on any atom is -0.390 e. The molecule has 6 heterocycles. The molecular formula is C30H39N9O18P2. The lowest BCUT2D eigenvalue weighted by Crippen LogP contribution is -2.33. The first kappa shape index (κ1) is 44.0. The Bertz CT molecular complexity index is 2580. The van der Waals surface area contributed by atoms with E-state index < -0.39 is 124 Å². The summed E-state index contributed by atoms with van der Waals surface area (Å²) in [7, 11) is -10.3. The highest BCUT2D eigenvalue weighted by Crippen LogP contribution is 2.52. The van der Waals surface area contributed by atoms with E-state index in [1.807, 2.05) is 0 Å². The SMILES string of the molecule is Cc1cn([C@H]2C[C@H](OP(=O)(O)OC[C@H]3O[C@@H](n4cc(C)c(=O)[nH]c4=O)C[C@@H]3OP(=O)(O)OC[C@H]3O[C@@H](n4cc(C)c(=O)[nH]c4=O)C[C@@H]3O)[C@@H](CN=[N+]=[N-])O2)c(=O)[nH]c1=O. The van der Waals surface area contributed by atoms with Crippen LogP contribution in [0.15, 0.2) is 52.5 Å². The van der Waals surface area contributed by atoms with Crippen LogP contribution in [0.1, 0.15) is 54.6 Å². The van der Waals surface area contributed by atoms with Crippen molar-refractivity contribution in [2.45, 2.75) is 95.3 Å². The first-order chi connectivity index (χ1) is 27.7.